The molecule has 1 aliphatic rings. The molecule has 3 aromatic rings. The molecule has 4 rings (SSSR count). The Kier molecular flexibility index (Phi) is 7.68. The molecule has 1 aromatic heterocycles. The minimum atomic E-state index is -0.766. The summed E-state index contributed by atoms with van der Waals surface area (Å²) in [6, 6.07) is 16.9. The fraction of sp³-hybridized carbons (Fsp3) is 0.276. The summed E-state index contributed by atoms with van der Waals surface area (Å²) in [6.45, 7) is 7.29. The zero-order valence-electron chi connectivity index (χ0n) is 20.7. The van der Waals surface area contributed by atoms with E-state index in [1.807, 2.05) is 25.1 Å². The van der Waals surface area contributed by atoms with E-state index in [1.54, 1.807) is 54.9 Å². The molecular formula is C29H30N2O5. The summed E-state index contributed by atoms with van der Waals surface area (Å²) in [7, 11) is 0. The third-order valence-corrected chi connectivity index (χ3v) is 5.83. The molecule has 1 aliphatic heterocycles. The number of amides is 1. The van der Waals surface area contributed by atoms with Gasteiger partial charge in [0, 0.05) is 24.5 Å². The molecule has 0 saturated carbocycles. The lowest BCUT2D eigenvalue weighted by molar-refractivity contribution is -0.140. The molecule has 36 heavy (non-hydrogen) atoms. The molecule has 7 heteroatoms. The normalized spacial score (nSPS) is 17.0. The van der Waals surface area contributed by atoms with Crippen molar-refractivity contribution in [1.82, 2.24) is 9.88 Å². The third kappa shape index (κ3) is 5.40. The van der Waals surface area contributed by atoms with E-state index in [0.29, 0.717) is 41.8 Å². The topological polar surface area (TPSA) is 89.0 Å². The Bertz CT molecular complexity index is 1230. The largest absolute Gasteiger partial charge is 0.507 e. The molecular weight excluding hydrogens is 456 g/mol. The van der Waals surface area contributed by atoms with E-state index in [9.17, 15) is 14.7 Å². The third-order valence-electron chi connectivity index (χ3n) is 5.83. The summed E-state index contributed by atoms with van der Waals surface area (Å²) in [6.07, 6.45) is 3.31. The van der Waals surface area contributed by atoms with E-state index in [2.05, 4.69) is 18.8 Å². The van der Waals surface area contributed by atoms with E-state index in [0.717, 1.165) is 5.56 Å². The van der Waals surface area contributed by atoms with Gasteiger partial charge in [-0.3, -0.25) is 14.6 Å². The van der Waals surface area contributed by atoms with Gasteiger partial charge in [-0.05, 0) is 66.4 Å². The molecule has 2 heterocycles. The van der Waals surface area contributed by atoms with Crippen molar-refractivity contribution in [3.63, 3.8) is 0 Å². The van der Waals surface area contributed by atoms with Crippen LogP contribution >= 0.6 is 0 Å². The van der Waals surface area contributed by atoms with Crippen LogP contribution in [0.2, 0.25) is 0 Å². The molecule has 2 aromatic carbocycles. The summed E-state index contributed by atoms with van der Waals surface area (Å²) in [5.41, 5.74) is 1.95. The minimum absolute atomic E-state index is 0.0453. The van der Waals surface area contributed by atoms with E-state index in [1.165, 1.54) is 4.90 Å². The number of Topliss-reactive ketones (excluding diaryl/α,β-unsaturated/α-hetero) is 1. The van der Waals surface area contributed by atoms with Crippen molar-refractivity contribution < 1.29 is 24.2 Å². The van der Waals surface area contributed by atoms with Crippen LogP contribution < -0.4 is 9.47 Å². The number of benzene rings is 2. The van der Waals surface area contributed by atoms with Gasteiger partial charge in [0.2, 0.25) is 0 Å². The number of rotatable bonds is 9. The number of aromatic nitrogens is 1. The molecule has 0 spiro atoms. The summed E-state index contributed by atoms with van der Waals surface area (Å²) >= 11 is 0. The molecule has 1 N–H and O–H groups in total. The number of likely N-dealkylation sites (tertiary alicyclic amines) is 1. The molecule has 1 fully saturated rings. The Hall–Kier alpha value is -4.13. The number of ether oxygens (including phenoxy) is 2. The van der Waals surface area contributed by atoms with E-state index in [4.69, 9.17) is 9.47 Å². The van der Waals surface area contributed by atoms with Crippen molar-refractivity contribution in [1.29, 1.82) is 0 Å². The Morgan fingerprint density at radius 2 is 1.67 bits per heavy atom. The Morgan fingerprint density at radius 1 is 1.00 bits per heavy atom. The van der Waals surface area contributed by atoms with Crippen molar-refractivity contribution in [2.75, 3.05) is 13.2 Å². The Morgan fingerprint density at radius 3 is 2.28 bits per heavy atom. The SMILES string of the molecule is CCOc1ccc(C2/C(=C(\O)c3ccc(OCC(C)C)cc3)C(=O)C(=O)N2Cc2cccnc2)cc1. The van der Waals surface area contributed by atoms with Gasteiger partial charge in [-0.25, -0.2) is 0 Å². The first-order chi connectivity index (χ1) is 17.4. The number of hydrogen-bond donors (Lipinski definition) is 1. The second-order valence-electron chi connectivity index (χ2n) is 9.02. The highest BCUT2D eigenvalue weighted by atomic mass is 16.5. The summed E-state index contributed by atoms with van der Waals surface area (Å²) < 4.78 is 11.3. The van der Waals surface area contributed by atoms with Crippen LogP contribution in [0.5, 0.6) is 11.5 Å². The van der Waals surface area contributed by atoms with E-state index >= 15 is 0 Å². The van der Waals surface area contributed by atoms with Crippen LogP contribution in [0.3, 0.4) is 0 Å². The van der Waals surface area contributed by atoms with Crippen LogP contribution in [0, 0.1) is 5.92 Å². The standard InChI is InChI=1S/C29H30N2O5/c1-4-35-23-11-7-21(8-12-23)26-25(27(32)22-9-13-24(14-10-22)36-18-19(2)3)28(33)29(34)31(26)17-20-6-5-15-30-16-20/h5-16,19,26,32H,4,17-18H2,1-3H3/b27-25+. The average molecular weight is 487 g/mol. The van der Waals surface area contributed by atoms with Gasteiger partial charge in [-0.1, -0.05) is 32.0 Å². The average Bonchev–Trinajstić information content (AvgIpc) is 3.13. The first kappa shape index (κ1) is 25.0. The maximum atomic E-state index is 13.2. The van der Waals surface area contributed by atoms with Gasteiger partial charge in [0.25, 0.3) is 11.7 Å². The molecule has 1 atom stereocenters. The van der Waals surface area contributed by atoms with Crippen molar-refractivity contribution in [2.24, 2.45) is 5.92 Å². The van der Waals surface area contributed by atoms with Crippen LogP contribution in [-0.4, -0.2) is 39.9 Å². The Balaban J connectivity index is 1.75. The summed E-state index contributed by atoms with van der Waals surface area (Å²) in [4.78, 5) is 32.0. The first-order valence-corrected chi connectivity index (χ1v) is 12.0. The van der Waals surface area contributed by atoms with Crippen LogP contribution in [-0.2, 0) is 16.1 Å². The number of ketones is 1. The molecule has 0 aliphatic carbocycles. The number of hydrogen-bond acceptors (Lipinski definition) is 6. The number of carbonyl (C=O) groups is 2. The maximum Gasteiger partial charge on any atom is 0.295 e. The monoisotopic (exact) mass is 486 g/mol. The molecule has 0 bridgehead atoms. The molecule has 7 nitrogen and oxygen atoms in total. The fourth-order valence-corrected chi connectivity index (χ4v) is 4.12. The van der Waals surface area contributed by atoms with Crippen LogP contribution in [0.4, 0.5) is 0 Å². The molecule has 186 valence electrons. The second-order valence-corrected chi connectivity index (χ2v) is 9.02. The molecule has 0 radical (unpaired) electrons. The van der Waals surface area contributed by atoms with Crippen LogP contribution in [0.25, 0.3) is 5.76 Å². The lowest BCUT2D eigenvalue weighted by Crippen LogP contribution is -2.29. The van der Waals surface area contributed by atoms with Crippen molar-refractivity contribution >= 4 is 17.4 Å². The predicted octanol–water partition coefficient (Wildman–Crippen LogP) is 5.14. The van der Waals surface area contributed by atoms with Gasteiger partial charge < -0.3 is 19.5 Å². The zero-order chi connectivity index (χ0) is 25.7. The molecule has 1 amide bonds. The quantitative estimate of drug-likeness (QED) is 0.256. The lowest BCUT2D eigenvalue weighted by atomic mass is 9.95. The number of pyridine rings is 1. The number of nitrogens with zero attached hydrogens (tertiary/aromatic N) is 2. The second kappa shape index (κ2) is 11.1. The fourth-order valence-electron chi connectivity index (χ4n) is 4.12. The predicted molar refractivity (Wildman–Crippen MR) is 136 cm³/mol. The molecule has 1 unspecified atom stereocenters. The van der Waals surface area contributed by atoms with Gasteiger partial charge in [0.15, 0.2) is 0 Å². The minimum Gasteiger partial charge on any atom is -0.507 e. The van der Waals surface area contributed by atoms with Crippen LogP contribution in [0.15, 0.2) is 78.6 Å². The molecule has 1 saturated heterocycles. The van der Waals surface area contributed by atoms with Gasteiger partial charge in [-0.15, -0.1) is 0 Å². The summed E-state index contributed by atoms with van der Waals surface area (Å²) in [5, 5.41) is 11.3. The highest BCUT2D eigenvalue weighted by molar-refractivity contribution is 6.46. The van der Waals surface area contributed by atoms with E-state index < -0.39 is 17.7 Å². The van der Waals surface area contributed by atoms with Crippen molar-refractivity contribution in [3.8, 4) is 11.5 Å². The first-order valence-electron chi connectivity index (χ1n) is 12.0. The number of carbonyl (C=O) groups excluding carboxylic acids is 2. The highest BCUT2D eigenvalue weighted by Crippen LogP contribution is 2.40. The smallest absolute Gasteiger partial charge is 0.295 e. The number of aliphatic hydroxyl groups excluding tert-OH is 1. The maximum absolute atomic E-state index is 13.2. The van der Waals surface area contributed by atoms with Gasteiger partial charge in [0.1, 0.15) is 17.3 Å². The van der Waals surface area contributed by atoms with Gasteiger partial charge >= 0.3 is 0 Å². The van der Waals surface area contributed by atoms with Gasteiger partial charge in [0.05, 0.1) is 24.8 Å². The number of aliphatic hydroxyl groups is 1. The van der Waals surface area contributed by atoms with Crippen LogP contribution in [0.1, 0.15) is 43.5 Å². The lowest BCUT2D eigenvalue weighted by Gasteiger charge is -2.25. The Labute approximate surface area is 211 Å². The zero-order valence-corrected chi connectivity index (χ0v) is 20.7. The highest BCUT2D eigenvalue weighted by Gasteiger charge is 2.46. The van der Waals surface area contributed by atoms with Gasteiger partial charge in [-0.2, -0.15) is 0 Å². The van der Waals surface area contributed by atoms with Crippen molar-refractivity contribution in [2.45, 2.75) is 33.4 Å². The summed E-state index contributed by atoms with van der Waals surface area (Å²) in [5.74, 6) is 0.105. The van der Waals surface area contributed by atoms with Crippen molar-refractivity contribution in [3.05, 3.63) is 95.3 Å². The van der Waals surface area contributed by atoms with E-state index in [-0.39, 0.29) is 17.9 Å².